The zero-order valence-electron chi connectivity index (χ0n) is 9.77. The van der Waals surface area contributed by atoms with E-state index in [0.717, 1.165) is 19.3 Å². The highest BCUT2D eigenvalue weighted by molar-refractivity contribution is 7.85. The van der Waals surface area contributed by atoms with Gasteiger partial charge in [0.1, 0.15) is 5.82 Å². The summed E-state index contributed by atoms with van der Waals surface area (Å²) in [7, 11) is -1.10. The first-order valence-electron chi connectivity index (χ1n) is 6.06. The zero-order chi connectivity index (χ0) is 12.3. The number of benzene rings is 1. The standard InChI is InChI=1S/C13H18FNOS/c14-11-4-2-5-12(9-11)17(16)8-7-10-3-1-6-13(10)15/h2,4-5,9-10,13H,1,3,6-8,15H2. The summed E-state index contributed by atoms with van der Waals surface area (Å²) >= 11 is 0. The predicted molar refractivity (Wildman–Crippen MR) is 67.6 cm³/mol. The fourth-order valence-corrected chi connectivity index (χ4v) is 3.64. The van der Waals surface area contributed by atoms with Gasteiger partial charge in [0.25, 0.3) is 0 Å². The Morgan fingerprint density at radius 1 is 1.41 bits per heavy atom. The lowest BCUT2D eigenvalue weighted by atomic mass is 10.0. The van der Waals surface area contributed by atoms with Gasteiger partial charge < -0.3 is 5.73 Å². The monoisotopic (exact) mass is 255 g/mol. The molecule has 0 saturated heterocycles. The fourth-order valence-electron chi connectivity index (χ4n) is 2.41. The van der Waals surface area contributed by atoms with E-state index in [2.05, 4.69) is 0 Å². The molecule has 3 atom stereocenters. The third kappa shape index (κ3) is 3.36. The van der Waals surface area contributed by atoms with E-state index in [1.165, 1.54) is 18.6 Å². The van der Waals surface area contributed by atoms with Crippen molar-refractivity contribution in [3.8, 4) is 0 Å². The average molecular weight is 255 g/mol. The maximum Gasteiger partial charge on any atom is 0.124 e. The summed E-state index contributed by atoms with van der Waals surface area (Å²) in [5.74, 6) is 0.753. The van der Waals surface area contributed by atoms with E-state index < -0.39 is 10.8 Å². The van der Waals surface area contributed by atoms with Crippen LogP contribution in [0.3, 0.4) is 0 Å². The van der Waals surface area contributed by atoms with E-state index in [-0.39, 0.29) is 11.9 Å². The highest BCUT2D eigenvalue weighted by atomic mass is 32.2. The van der Waals surface area contributed by atoms with Crippen LogP contribution in [0.5, 0.6) is 0 Å². The topological polar surface area (TPSA) is 43.1 Å². The Morgan fingerprint density at radius 3 is 2.88 bits per heavy atom. The normalized spacial score (nSPS) is 26.0. The molecule has 4 heteroatoms. The lowest BCUT2D eigenvalue weighted by Crippen LogP contribution is -2.25. The molecule has 0 amide bonds. The van der Waals surface area contributed by atoms with Crippen molar-refractivity contribution < 1.29 is 8.60 Å². The van der Waals surface area contributed by atoms with E-state index >= 15 is 0 Å². The molecule has 0 heterocycles. The molecule has 0 spiro atoms. The summed E-state index contributed by atoms with van der Waals surface area (Å²) in [6.45, 7) is 0. The van der Waals surface area contributed by atoms with Crippen LogP contribution in [0.1, 0.15) is 25.7 Å². The molecule has 3 unspecified atom stereocenters. The zero-order valence-corrected chi connectivity index (χ0v) is 10.6. The molecule has 0 radical (unpaired) electrons. The Balaban J connectivity index is 1.89. The molecular formula is C13H18FNOS. The second-order valence-corrected chi connectivity index (χ2v) is 6.22. The third-order valence-electron chi connectivity index (χ3n) is 3.45. The molecule has 94 valence electrons. The van der Waals surface area contributed by atoms with Crippen LogP contribution < -0.4 is 5.73 Å². The summed E-state index contributed by atoms with van der Waals surface area (Å²) in [6, 6.07) is 6.30. The van der Waals surface area contributed by atoms with Crippen LogP contribution >= 0.6 is 0 Å². The Morgan fingerprint density at radius 2 is 2.24 bits per heavy atom. The molecule has 0 bridgehead atoms. The quantitative estimate of drug-likeness (QED) is 0.898. The lowest BCUT2D eigenvalue weighted by Gasteiger charge is -2.14. The fraction of sp³-hybridized carbons (Fsp3) is 0.538. The maximum absolute atomic E-state index is 13.0. The van der Waals surface area contributed by atoms with Crippen molar-refractivity contribution in [3.63, 3.8) is 0 Å². The van der Waals surface area contributed by atoms with Crippen molar-refractivity contribution in [2.45, 2.75) is 36.6 Å². The summed E-state index contributed by atoms with van der Waals surface area (Å²) in [6.07, 6.45) is 4.28. The van der Waals surface area contributed by atoms with Crippen molar-refractivity contribution in [2.24, 2.45) is 11.7 Å². The van der Waals surface area contributed by atoms with Gasteiger partial charge in [0.05, 0.1) is 10.8 Å². The number of nitrogens with two attached hydrogens (primary N) is 1. The largest absolute Gasteiger partial charge is 0.327 e. The van der Waals surface area contributed by atoms with Gasteiger partial charge >= 0.3 is 0 Å². The first-order valence-corrected chi connectivity index (χ1v) is 7.38. The summed E-state index contributed by atoms with van der Waals surface area (Å²) in [5, 5.41) is 0. The molecule has 1 aromatic rings. The van der Waals surface area contributed by atoms with Crippen molar-refractivity contribution >= 4 is 10.8 Å². The Hall–Kier alpha value is -0.740. The molecule has 1 aromatic carbocycles. The van der Waals surface area contributed by atoms with E-state index in [1.54, 1.807) is 12.1 Å². The van der Waals surface area contributed by atoms with Crippen LogP contribution in [0.25, 0.3) is 0 Å². The van der Waals surface area contributed by atoms with E-state index in [1.807, 2.05) is 0 Å². The van der Waals surface area contributed by atoms with Gasteiger partial charge in [0.2, 0.25) is 0 Å². The van der Waals surface area contributed by atoms with Gasteiger partial charge in [-0.1, -0.05) is 12.5 Å². The molecule has 1 aliphatic rings. The molecule has 17 heavy (non-hydrogen) atoms. The van der Waals surface area contributed by atoms with Crippen LogP contribution in [0.15, 0.2) is 29.2 Å². The van der Waals surface area contributed by atoms with Crippen LogP contribution in [0.4, 0.5) is 4.39 Å². The first kappa shape index (κ1) is 12.7. The molecule has 1 saturated carbocycles. The number of rotatable bonds is 4. The minimum Gasteiger partial charge on any atom is -0.327 e. The smallest absolute Gasteiger partial charge is 0.124 e. The summed E-state index contributed by atoms with van der Waals surface area (Å²) in [5.41, 5.74) is 5.97. The molecular weight excluding hydrogens is 237 g/mol. The second-order valence-electron chi connectivity index (χ2n) is 4.65. The lowest BCUT2D eigenvalue weighted by molar-refractivity contribution is 0.468. The molecule has 1 aliphatic carbocycles. The Labute approximate surface area is 104 Å². The van der Waals surface area contributed by atoms with Gasteiger partial charge in [0, 0.05) is 16.7 Å². The third-order valence-corrected chi connectivity index (χ3v) is 4.84. The van der Waals surface area contributed by atoms with Crippen molar-refractivity contribution in [1.29, 1.82) is 0 Å². The van der Waals surface area contributed by atoms with E-state index in [0.29, 0.717) is 16.6 Å². The van der Waals surface area contributed by atoms with Crippen molar-refractivity contribution in [2.75, 3.05) is 5.75 Å². The van der Waals surface area contributed by atoms with Gasteiger partial charge in [-0.05, 0) is 43.4 Å². The molecule has 2 rings (SSSR count). The summed E-state index contributed by atoms with van der Waals surface area (Å²) < 4.78 is 24.9. The molecule has 1 fully saturated rings. The average Bonchev–Trinajstić information content (AvgIpc) is 2.72. The molecule has 2 nitrogen and oxygen atoms in total. The SMILES string of the molecule is NC1CCCC1CCS(=O)c1cccc(F)c1. The minimum absolute atomic E-state index is 0.263. The Kier molecular flexibility index (Phi) is 4.29. The second kappa shape index (κ2) is 5.74. The van der Waals surface area contributed by atoms with Gasteiger partial charge in [-0.3, -0.25) is 4.21 Å². The van der Waals surface area contributed by atoms with Gasteiger partial charge in [-0.15, -0.1) is 0 Å². The first-order chi connectivity index (χ1) is 8.16. The molecule has 2 N–H and O–H groups in total. The summed E-state index contributed by atoms with van der Waals surface area (Å²) in [4.78, 5) is 0.580. The molecule has 0 aromatic heterocycles. The van der Waals surface area contributed by atoms with Crippen LogP contribution in [-0.2, 0) is 10.8 Å². The molecule has 0 aliphatic heterocycles. The van der Waals surface area contributed by atoms with Gasteiger partial charge in [0.15, 0.2) is 0 Å². The Bertz CT molecular complexity index is 410. The number of hydrogen-bond acceptors (Lipinski definition) is 2. The van der Waals surface area contributed by atoms with E-state index in [9.17, 15) is 8.60 Å². The highest BCUT2D eigenvalue weighted by Gasteiger charge is 2.24. The number of hydrogen-bond donors (Lipinski definition) is 1. The van der Waals surface area contributed by atoms with Gasteiger partial charge in [-0.2, -0.15) is 0 Å². The maximum atomic E-state index is 13.0. The van der Waals surface area contributed by atoms with Crippen LogP contribution in [0.2, 0.25) is 0 Å². The highest BCUT2D eigenvalue weighted by Crippen LogP contribution is 2.27. The van der Waals surface area contributed by atoms with Crippen molar-refractivity contribution in [1.82, 2.24) is 0 Å². The van der Waals surface area contributed by atoms with Crippen LogP contribution in [-0.4, -0.2) is 16.0 Å². The van der Waals surface area contributed by atoms with E-state index in [4.69, 9.17) is 5.73 Å². The number of halogens is 1. The van der Waals surface area contributed by atoms with Crippen LogP contribution in [0, 0.1) is 11.7 Å². The minimum atomic E-state index is -1.10. The van der Waals surface area contributed by atoms with Gasteiger partial charge in [-0.25, -0.2) is 4.39 Å². The van der Waals surface area contributed by atoms with Crippen molar-refractivity contribution in [3.05, 3.63) is 30.1 Å². The predicted octanol–water partition coefficient (Wildman–Crippen LogP) is 2.45.